The molecule has 114 valence electrons. The van der Waals surface area contributed by atoms with Gasteiger partial charge in [0.2, 0.25) is 0 Å². The third kappa shape index (κ3) is 2.09. The van der Waals surface area contributed by atoms with Crippen LogP contribution in [0.3, 0.4) is 0 Å². The third-order valence-electron chi connectivity index (χ3n) is 3.92. The molecule has 23 heavy (non-hydrogen) atoms. The number of imidazole rings is 1. The average molecular weight is 305 g/mol. The first-order valence-electron chi connectivity index (χ1n) is 7.25. The molecule has 0 fully saturated rings. The van der Waals surface area contributed by atoms with E-state index < -0.39 is 0 Å². The SMILES string of the molecule is COc1cccc2ccc(-c3nc4ccncc4[nH]3)c(OC)c12. The molecular weight excluding hydrogens is 290 g/mol. The highest BCUT2D eigenvalue weighted by atomic mass is 16.5. The van der Waals surface area contributed by atoms with Gasteiger partial charge in [-0.05, 0) is 23.6 Å². The van der Waals surface area contributed by atoms with E-state index in [2.05, 4.69) is 15.0 Å². The van der Waals surface area contributed by atoms with Crippen molar-refractivity contribution in [3.05, 3.63) is 48.8 Å². The fourth-order valence-electron chi connectivity index (χ4n) is 2.87. The number of methoxy groups -OCH3 is 2. The number of fused-ring (bicyclic) bond motifs is 2. The predicted octanol–water partition coefficient (Wildman–Crippen LogP) is 3.80. The number of nitrogens with zero attached hydrogens (tertiary/aromatic N) is 2. The number of hydrogen-bond donors (Lipinski definition) is 1. The monoisotopic (exact) mass is 305 g/mol. The fourth-order valence-corrected chi connectivity index (χ4v) is 2.87. The van der Waals surface area contributed by atoms with Gasteiger partial charge in [-0.25, -0.2) is 4.98 Å². The lowest BCUT2D eigenvalue weighted by Crippen LogP contribution is -1.93. The Kier molecular flexibility index (Phi) is 3.12. The van der Waals surface area contributed by atoms with Gasteiger partial charge in [0.1, 0.15) is 17.3 Å². The van der Waals surface area contributed by atoms with Crippen LogP contribution in [0, 0.1) is 0 Å². The van der Waals surface area contributed by atoms with Crippen LogP contribution >= 0.6 is 0 Å². The molecular formula is C18H15N3O2. The first kappa shape index (κ1) is 13.6. The van der Waals surface area contributed by atoms with Crippen LogP contribution in [0.5, 0.6) is 11.5 Å². The van der Waals surface area contributed by atoms with E-state index in [1.54, 1.807) is 26.6 Å². The summed E-state index contributed by atoms with van der Waals surface area (Å²) in [5, 5.41) is 2.00. The van der Waals surface area contributed by atoms with Crippen LogP contribution in [-0.2, 0) is 0 Å². The molecule has 0 spiro atoms. The Hall–Kier alpha value is -3.08. The largest absolute Gasteiger partial charge is 0.496 e. The molecule has 0 aliphatic heterocycles. The number of aromatic nitrogens is 3. The molecule has 4 rings (SSSR count). The number of rotatable bonds is 3. The maximum Gasteiger partial charge on any atom is 0.142 e. The van der Waals surface area contributed by atoms with Crippen molar-refractivity contribution in [1.29, 1.82) is 0 Å². The maximum atomic E-state index is 5.70. The van der Waals surface area contributed by atoms with Gasteiger partial charge in [-0.1, -0.05) is 18.2 Å². The molecule has 0 unspecified atom stereocenters. The Bertz CT molecular complexity index is 975. The van der Waals surface area contributed by atoms with Gasteiger partial charge in [-0.2, -0.15) is 0 Å². The van der Waals surface area contributed by atoms with Gasteiger partial charge in [0.15, 0.2) is 0 Å². The van der Waals surface area contributed by atoms with Gasteiger partial charge in [-0.3, -0.25) is 4.98 Å². The number of pyridine rings is 1. The summed E-state index contributed by atoms with van der Waals surface area (Å²) in [7, 11) is 3.32. The van der Waals surface area contributed by atoms with Crippen molar-refractivity contribution in [1.82, 2.24) is 15.0 Å². The van der Waals surface area contributed by atoms with E-state index in [0.717, 1.165) is 44.7 Å². The minimum Gasteiger partial charge on any atom is -0.496 e. The van der Waals surface area contributed by atoms with Crippen molar-refractivity contribution in [2.75, 3.05) is 14.2 Å². The van der Waals surface area contributed by atoms with Gasteiger partial charge >= 0.3 is 0 Å². The number of H-pyrrole nitrogens is 1. The Morgan fingerprint density at radius 3 is 2.70 bits per heavy atom. The van der Waals surface area contributed by atoms with E-state index in [4.69, 9.17) is 9.47 Å². The molecule has 2 aromatic heterocycles. The second kappa shape index (κ2) is 5.28. The Morgan fingerprint density at radius 1 is 1.00 bits per heavy atom. The van der Waals surface area contributed by atoms with E-state index in [0.29, 0.717) is 0 Å². The van der Waals surface area contributed by atoms with E-state index in [9.17, 15) is 0 Å². The van der Waals surface area contributed by atoms with E-state index in [-0.39, 0.29) is 0 Å². The number of benzene rings is 2. The second-order valence-corrected chi connectivity index (χ2v) is 5.18. The molecule has 2 aromatic carbocycles. The van der Waals surface area contributed by atoms with Gasteiger partial charge in [-0.15, -0.1) is 0 Å². The topological polar surface area (TPSA) is 60.0 Å². The number of ether oxygens (including phenoxy) is 2. The number of nitrogens with one attached hydrogen (secondary N) is 1. The second-order valence-electron chi connectivity index (χ2n) is 5.18. The molecule has 0 amide bonds. The van der Waals surface area contributed by atoms with Crippen LogP contribution in [0.15, 0.2) is 48.8 Å². The molecule has 1 N–H and O–H groups in total. The summed E-state index contributed by atoms with van der Waals surface area (Å²) < 4.78 is 11.2. The van der Waals surface area contributed by atoms with Gasteiger partial charge in [0, 0.05) is 6.20 Å². The maximum absolute atomic E-state index is 5.70. The smallest absolute Gasteiger partial charge is 0.142 e. The normalized spacial score (nSPS) is 11.0. The first-order valence-corrected chi connectivity index (χ1v) is 7.25. The number of aromatic amines is 1. The summed E-state index contributed by atoms with van der Waals surface area (Å²) >= 11 is 0. The number of hydrogen-bond acceptors (Lipinski definition) is 4. The van der Waals surface area contributed by atoms with Crippen LogP contribution in [0.25, 0.3) is 33.2 Å². The zero-order valence-corrected chi connectivity index (χ0v) is 12.8. The van der Waals surface area contributed by atoms with Gasteiger partial charge in [0.25, 0.3) is 0 Å². The van der Waals surface area contributed by atoms with Crippen LogP contribution in [0.4, 0.5) is 0 Å². The zero-order valence-electron chi connectivity index (χ0n) is 12.8. The Labute approximate surface area is 132 Å². The molecule has 2 heterocycles. The molecule has 0 saturated carbocycles. The molecule has 0 radical (unpaired) electrons. The summed E-state index contributed by atoms with van der Waals surface area (Å²) in [5.74, 6) is 2.27. The molecule has 5 nitrogen and oxygen atoms in total. The Balaban J connectivity index is 2.03. The molecule has 0 aliphatic rings. The minimum atomic E-state index is 0.743. The summed E-state index contributed by atoms with van der Waals surface area (Å²) in [6.07, 6.45) is 3.49. The van der Waals surface area contributed by atoms with Crippen molar-refractivity contribution in [3.8, 4) is 22.9 Å². The zero-order chi connectivity index (χ0) is 15.8. The van der Waals surface area contributed by atoms with Crippen molar-refractivity contribution >= 4 is 21.8 Å². The molecule has 0 saturated heterocycles. The highest BCUT2D eigenvalue weighted by Gasteiger charge is 2.16. The molecule has 0 aliphatic carbocycles. The minimum absolute atomic E-state index is 0.743. The first-order chi connectivity index (χ1) is 11.3. The van der Waals surface area contributed by atoms with Crippen LogP contribution < -0.4 is 9.47 Å². The summed E-state index contributed by atoms with van der Waals surface area (Å²) in [4.78, 5) is 12.0. The van der Waals surface area contributed by atoms with E-state index in [1.807, 2.05) is 36.4 Å². The van der Waals surface area contributed by atoms with E-state index in [1.165, 1.54) is 0 Å². The summed E-state index contributed by atoms with van der Waals surface area (Å²) in [6, 6.07) is 11.9. The third-order valence-corrected chi connectivity index (χ3v) is 3.92. The van der Waals surface area contributed by atoms with Crippen molar-refractivity contribution in [2.45, 2.75) is 0 Å². The van der Waals surface area contributed by atoms with Crippen LogP contribution in [0.2, 0.25) is 0 Å². The Morgan fingerprint density at radius 2 is 1.91 bits per heavy atom. The van der Waals surface area contributed by atoms with Crippen LogP contribution in [0.1, 0.15) is 0 Å². The fraction of sp³-hybridized carbons (Fsp3) is 0.111. The quantitative estimate of drug-likeness (QED) is 0.625. The lowest BCUT2D eigenvalue weighted by molar-refractivity contribution is 0.406. The lowest BCUT2D eigenvalue weighted by Gasteiger charge is -2.13. The van der Waals surface area contributed by atoms with Crippen molar-refractivity contribution < 1.29 is 9.47 Å². The average Bonchev–Trinajstić information content (AvgIpc) is 3.03. The standard InChI is InChI=1S/C18H15N3O2/c1-22-15-5-3-4-11-6-7-12(17(23-2)16(11)15)18-20-13-8-9-19-10-14(13)21-18/h3-10H,1-2H3,(H,20,21). The predicted molar refractivity (Wildman–Crippen MR) is 89.9 cm³/mol. The summed E-state index contributed by atoms with van der Waals surface area (Å²) in [5.41, 5.74) is 2.66. The highest BCUT2D eigenvalue weighted by Crippen LogP contribution is 2.40. The highest BCUT2D eigenvalue weighted by molar-refractivity contribution is 5.99. The molecule has 0 bridgehead atoms. The van der Waals surface area contributed by atoms with Gasteiger partial charge < -0.3 is 14.5 Å². The molecule has 4 aromatic rings. The van der Waals surface area contributed by atoms with Crippen molar-refractivity contribution in [2.24, 2.45) is 0 Å². The van der Waals surface area contributed by atoms with Gasteiger partial charge in [0.05, 0.1) is 42.4 Å². The molecule has 0 atom stereocenters. The summed E-state index contributed by atoms with van der Waals surface area (Å²) in [6.45, 7) is 0. The van der Waals surface area contributed by atoms with Crippen LogP contribution in [-0.4, -0.2) is 29.2 Å². The lowest BCUT2D eigenvalue weighted by atomic mass is 10.0. The molecule has 5 heteroatoms. The van der Waals surface area contributed by atoms with E-state index >= 15 is 0 Å². The van der Waals surface area contributed by atoms with Crippen molar-refractivity contribution in [3.63, 3.8) is 0 Å².